The lowest BCUT2D eigenvalue weighted by Crippen LogP contribution is -2.11. The van der Waals surface area contributed by atoms with Crippen LogP contribution in [0.1, 0.15) is 23.6 Å². The van der Waals surface area contributed by atoms with Gasteiger partial charge >= 0.3 is 5.97 Å². The van der Waals surface area contributed by atoms with Gasteiger partial charge in [-0.3, -0.25) is 0 Å². The third kappa shape index (κ3) is 3.68. The van der Waals surface area contributed by atoms with Gasteiger partial charge in [0.25, 0.3) is 10.0 Å². The van der Waals surface area contributed by atoms with Crippen LogP contribution in [0, 0.1) is 18.3 Å². The van der Waals surface area contributed by atoms with Crippen LogP contribution in [0.5, 0.6) is 0 Å². The number of fused-ring (bicyclic) bond motifs is 1. The molecular weight excluding hydrogens is 376 g/mol. The van der Waals surface area contributed by atoms with Gasteiger partial charge in [0.2, 0.25) is 0 Å². The SMILES string of the molecule is CCOC(=O)/C=C/c1cn(S(=O)(=O)c2ccc(C)cc2)c2ccc(C#N)cc12. The molecular formula is C21H18N2O4S. The molecule has 2 aromatic carbocycles. The van der Waals surface area contributed by atoms with E-state index >= 15 is 0 Å². The van der Waals surface area contributed by atoms with Crippen LogP contribution in [-0.4, -0.2) is 25.0 Å². The van der Waals surface area contributed by atoms with Crippen molar-refractivity contribution >= 4 is 33.0 Å². The Kier molecular flexibility index (Phi) is 5.34. The molecule has 1 aromatic heterocycles. The van der Waals surface area contributed by atoms with Crippen molar-refractivity contribution in [3.63, 3.8) is 0 Å². The molecule has 0 amide bonds. The van der Waals surface area contributed by atoms with E-state index in [0.29, 0.717) is 22.0 Å². The van der Waals surface area contributed by atoms with Crippen LogP contribution in [0.3, 0.4) is 0 Å². The molecule has 0 N–H and O–H groups in total. The third-order valence-corrected chi connectivity index (χ3v) is 5.88. The molecule has 0 saturated heterocycles. The van der Waals surface area contributed by atoms with E-state index in [1.807, 2.05) is 13.0 Å². The number of aryl methyl sites for hydroxylation is 1. The first-order chi connectivity index (χ1) is 13.4. The second-order valence-electron chi connectivity index (χ2n) is 6.13. The van der Waals surface area contributed by atoms with Gasteiger partial charge in [0.05, 0.1) is 28.7 Å². The summed E-state index contributed by atoms with van der Waals surface area (Å²) in [7, 11) is -3.85. The highest BCUT2D eigenvalue weighted by Gasteiger charge is 2.21. The molecule has 28 heavy (non-hydrogen) atoms. The molecule has 142 valence electrons. The predicted molar refractivity (Wildman–Crippen MR) is 106 cm³/mol. The molecule has 3 aromatic rings. The summed E-state index contributed by atoms with van der Waals surface area (Å²) in [5, 5.41) is 9.73. The maximum absolute atomic E-state index is 13.1. The van der Waals surface area contributed by atoms with Crippen molar-refractivity contribution in [3.05, 3.63) is 71.4 Å². The lowest BCUT2D eigenvalue weighted by atomic mass is 10.1. The van der Waals surface area contributed by atoms with Crippen molar-refractivity contribution in [1.82, 2.24) is 3.97 Å². The fourth-order valence-electron chi connectivity index (χ4n) is 2.80. The van der Waals surface area contributed by atoms with Gasteiger partial charge in [0.1, 0.15) is 0 Å². The summed E-state index contributed by atoms with van der Waals surface area (Å²) in [4.78, 5) is 11.8. The molecule has 0 bridgehead atoms. The van der Waals surface area contributed by atoms with Crippen molar-refractivity contribution in [1.29, 1.82) is 5.26 Å². The number of benzene rings is 2. The van der Waals surface area contributed by atoms with Crippen LogP contribution >= 0.6 is 0 Å². The molecule has 6 nitrogen and oxygen atoms in total. The normalized spacial score (nSPS) is 11.6. The molecule has 0 radical (unpaired) electrons. The Labute approximate surface area is 163 Å². The molecule has 0 saturated carbocycles. The molecule has 0 aliphatic heterocycles. The summed E-state index contributed by atoms with van der Waals surface area (Å²) in [6.45, 7) is 3.82. The number of aromatic nitrogens is 1. The van der Waals surface area contributed by atoms with E-state index in [1.54, 1.807) is 49.4 Å². The predicted octanol–water partition coefficient (Wildman–Crippen LogP) is 3.63. The molecule has 3 rings (SSSR count). The number of hydrogen-bond acceptors (Lipinski definition) is 5. The van der Waals surface area contributed by atoms with Crippen molar-refractivity contribution in [2.45, 2.75) is 18.7 Å². The summed E-state index contributed by atoms with van der Waals surface area (Å²) >= 11 is 0. The Morgan fingerprint density at radius 1 is 1.21 bits per heavy atom. The quantitative estimate of drug-likeness (QED) is 0.487. The zero-order valence-electron chi connectivity index (χ0n) is 15.4. The van der Waals surface area contributed by atoms with Gasteiger partial charge < -0.3 is 4.74 Å². The van der Waals surface area contributed by atoms with E-state index in [9.17, 15) is 18.5 Å². The summed E-state index contributed by atoms with van der Waals surface area (Å²) in [5.74, 6) is -0.527. The molecule has 0 aliphatic rings. The second kappa shape index (κ2) is 7.71. The standard InChI is InChI=1S/C21H18N2O4S/c1-3-27-21(24)11-7-17-14-23(20-10-6-16(13-22)12-19(17)20)28(25,26)18-8-4-15(2)5-9-18/h4-12,14H,3H2,1-2H3/b11-7+. The van der Waals surface area contributed by atoms with Crippen molar-refractivity contribution in [2.75, 3.05) is 6.61 Å². The number of rotatable bonds is 5. The van der Waals surface area contributed by atoms with E-state index in [0.717, 1.165) is 5.56 Å². The second-order valence-corrected chi connectivity index (χ2v) is 7.94. The highest BCUT2D eigenvalue weighted by Crippen LogP contribution is 2.28. The smallest absolute Gasteiger partial charge is 0.330 e. The van der Waals surface area contributed by atoms with Crippen molar-refractivity contribution < 1.29 is 17.9 Å². The first kappa shape index (κ1) is 19.4. The van der Waals surface area contributed by atoms with Crippen molar-refractivity contribution in [3.8, 4) is 6.07 Å². The van der Waals surface area contributed by atoms with E-state index in [4.69, 9.17) is 4.74 Å². The van der Waals surface area contributed by atoms with Gasteiger partial charge in [-0.05, 0) is 50.3 Å². The summed E-state index contributed by atoms with van der Waals surface area (Å²) in [6.07, 6.45) is 4.17. The minimum atomic E-state index is -3.85. The van der Waals surface area contributed by atoms with E-state index in [2.05, 4.69) is 0 Å². The van der Waals surface area contributed by atoms with Gasteiger partial charge in [0, 0.05) is 23.2 Å². The number of nitrogens with zero attached hydrogens (tertiary/aromatic N) is 2. The van der Waals surface area contributed by atoms with Crippen LogP contribution in [0.4, 0.5) is 0 Å². The summed E-state index contributed by atoms with van der Waals surface area (Å²) < 4.78 is 32.3. The number of esters is 1. The van der Waals surface area contributed by atoms with Crippen LogP contribution in [0.15, 0.2) is 59.6 Å². The highest BCUT2D eigenvalue weighted by molar-refractivity contribution is 7.90. The Balaban J connectivity index is 2.19. The van der Waals surface area contributed by atoms with Gasteiger partial charge in [-0.25, -0.2) is 17.2 Å². The van der Waals surface area contributed by atoms with Crippen LogP contribution in [-0.2, 0) is 19.6 Å². The van der Waals surface area contributed by atoms with E-state index < -0.39 is 16.0 Å². The molecule has 0 spiro atoms. The van der Waals surface area contributed by atoms with Crippen molar-refractivity contribution in [2.24, 2.45) is 0 Å². The van der Waals surface area contributed by atoms with Crippen LogP contribution < -0.4 is 0 Å². The summed E-state index contributed by atoms with van der Waals surface area (Å²) in [5.41, 5.74) is 2.26. The largest absolute Gasteiger partial charge is 0.463 e. The minimum Gasteiger partial charge on any atom is -0.463 e. The molecule has 7 heteroatoms. The Morgan fingerprint density at radius 2 is 1.93 bits per heavy atom. The lowest BCUT2D eigenvalue weighted by Gasteiger charge is -2.08. The van der Waals surface area contributed by atoms with Gasteiger partial charge in [-0.2, -0.15) is 5.26 Å². The molecule has 0 fully saturated rings. The van der Waals surface area contributed by atoms with E-state index in [1.165, 1.54) is 22.3 Å². The number of nitriles is 1. The highest BCUT2D eigenvalue weighted by atomic mass is 32.2. The van der Waals surface area contributed by atoms with Gasteiger partial charge in [-0.1, -0.05) is 17.7 Å². The minimum absolute atomic E-state index is 0.153. The van der Waals surface area contributed by atoms with Gasteiger partial charge in [0.15, 0.2) is 0 Å². The number of hydrogen-bond donors (Lipinski definition) is 0. The van der Waals surface area contributed by atoms with E-state index in [-0.39, 0.29) is 11.5 Å². The number of ether oxygens (including phenoxy) is 1. The average molecular weight is 394 g/mol. The van der Waals surface area contributed by atoms with Crippen LogP contribution in [0.2, 0.25) is 0 Å². The number of carbonyl (C=O) groups is 1. The third-order valence-electron chi connectivity index (χ3n) is 4.19. The molecule has 0 aliphatic carbocycles. The topological polar surface area (TPSA) is 89.2 Å². The lowest BCUT2D eigenvalue weighted by molar-refractivity contribution is -0.137. The Hall–Kier alpha value is -3.37. The zero-order chi connectivity index (χ0) is 20.3. The van der Waals surface area contributed by atoms with Crippen LogP contribution in [0.25, 0.3) is 17.0 Å². The Morgan fingerprint density at radius 3 is 2.57 bits per heavy atom. The fraction of sp³-hybridized carbons (Fsp3) is 0.143. The maximum Gasteiger partial charge on any atom is 0.330 e. The average Bonchev–Trinajstić information content (AvgIpc) is 3.05. The monoisotopic (exact) mass is 394 g/mol. The maximum atomic E-state index is 13.1. The molecule has 1 heterocycles. The zero-order valence-corrected chi connectivity index (χ0v) is 16.2. The number of carbonyl (C=O) groups excluding carboxylic acids is 1. The molecule has 0 atom stereocenters. The fourth-order valence-corrected chi connectivity index (χ4v) is 4.18. The molecule has 0 unspecified atom stereocenters. The first-order valence-electron chi connectivity index (χ1n) is 8.59. The first-order valence-corrected chi connectivity index (χ1v) is 10.0. The summed E-state index contributed by atoms with van der Waals surface area (Å²) in [6, 6.07) is 13.3. The Bertz CT molecular complexity index is 1210. The van der Waals surface area contributed by atoms with Gasteiger partial charge in [-0.15, -0.1) is 0 Å².